The number of carbonyl (C=O) groups is 1. The van der Waals surface area contributed by atoms with E-state index in [1.54, 1.807) is 30.6 Å². The topological polar surface area (TPSA) is 85.6 Å². The normalized spacial score (nSPS) is 10.5. The zero-order valence-electron chi connectivity index (χ0n) is 15.5. The van der Waals surface area contributed by atoms with Crippen molar-refractivity contribution in [2.75, 3.05) is 7.05 Å². The number of nitro groups is 1. The van der Waals surface area contributed by atoms with E-state index in [0.717, 1.165) is 11.3 Å². The second-order valence-corrected chi connectivity index (χ2v) is 7.22. The number of rotatable bonds is 7. The zero-order chi connectivity index (χ0) is 20.1. The van der Waals surface area contributed by atoms with Gasteiger partial charge in [0.15, 0.2) is 0 Å². The molecule has 28 heavy (non-hydrogen) atoms. The van der Waals surface area contributed by atoms with Crippen molar-refractivity contribution < 1.29 is 14.5 Å². The minimum atomic E-state index is -0.447. The summed E-state index contributed by atoms with van der Waals surface area (Å²) in [5.41, 5.74) is 1.92. The molecule has 0 saturated heterocycles. The van der Waals surface area contributed by atoms with Crippen molar-refractivity contribution >= 4 is 22.9 Å². The van der Waals surface area contributed by atoms with E-state index >= 15 is 0 Å². The lowest BCUT2D eigenvalue weighted by Gasteiger charge is -2.16. The fraction of sp³-hybridized carbons (Fsp3) is 0.200. The molecule has 0 fully saturated rings. The van der Waals surface area contributed by atoms with Gasteiger partial charge in [-0.15, -0.1) is 11.3 Å². The molecule has 1 heterocycles. The highest BCUT2D eigenvalue weighted by Gasteiger charge is 2.20. The van der Waals surface area contributed by atoms with Crippen LogP contribution in [0.3, 0.4) is 0 Å². The fourth-order valence-corrected chi connectivity index (χ4v) is 3.28. The lowest BCUT2D eigenvalue weighted by molar-refractivity contribution is -0.385. The van der Waals surface area contributed by atoms with Crippen LogP contribution in [0.4, 0.5) is 5.69 Å². The minimum absolute atomic E-state index is 0.00684. The van der Waals surface area contributed by atoms with Crippen molar-refractivity contribution in [3.63, 3.8) is 0 Å². The summed E-state index contributed by atoms with van der Waals surface area (Å²) < 4.78 is 5.69. The molecule has 1 amide bonds. The minimum Gasteiger partial charge on any atom is -0.486 e. The second-order valence-electron chi connectivity index (χ2n) is 6.28. The predicted molar refractivity (Wildman–Crippen MR) is 107 cm³/mol. The van der Waals surface area contributed by atoms with Crippen LogP contribution in [-0.4, -0.2) is 27.8 Å². The van der Waals surface area contributed by atoms with Gasteiger partial charge < -0.3 is 9.64 Å². The Morgan fingerprint density at radius 3 is 2.64 bits per heavy atom. The van der Waals surface area contributed by atoms with E-state index in [1.807, 2.05) is 31.2 Å². The highest BCUT2D eigenvalue weighted by Crippen LogP contribution is 2.21. The number of aryl methyl sites for hydroxylation is 1. The fourth-order valence-electron chi connectivity index (χ4n) is 2.60. The number of amides is 1. The number of hydrogen-bond donors (Lipinski definition) is 0. The first-order chi connectivity index (χ1) is 13.4. The number of aromatic nitrogens is 1. The summed E-state index contributed by atoms with van der Waals surface area (Å²) in [7, 11) is 1.60. The Balaban J connectivity index is 1.63. The smallest absolute Gasteiger partial charge is 0.274 e. The van der Waals surface area contributed by atoms with Gasteiger partial charge >= 0.3 is 0 Å². The van der Waals surface area contributed by atoms with Crippen LogP contribution in [0.5, 0.6) is 5.75 Å². The number of ether oxygens (including phenoxy) is 1. The Hall–Kier alpha value is -3.26. The van der Waals surface area contributed by atoms with Crippen molar-refractivity contribution in [2.45, 2.75) is 20.1 Å². The molecule has 1 aromatic heterocycles. The number of benzene rings is 2. The van der Waals surface area contributed by atoms with E-state index in [-0.39, 0.29) is 24.7 Å². The molecule has 0 atom stereocenters. The maximum Gasteiger partial charge on any atom is 0.274 e. The lowest BCUT2D eigenvalue weighted by atomic mass is 10.1. The van der Waals surface area contributed by atoms with Crippen LogP contribution in [0.1, 0.15) is 26.6 Å². The molecule has 0 bridgehead atoms. The maximum absolute atomic E-state index is 12.6. The van der Waals surface area contributed by atoms with E-state index in [2.05, 4.69) is 4.98 Å². The van der Waals surface area contributed by atoms with Crippen LogP contribution in [0.15, 0.2) is 53.9 Å². The van der Waals surface area contributed by atoms with Crippen molar-refractivity contribution in [1.29, 1.82) is 0 Å². The molecule has 0 N–H and O–H groups in total. The van der Waals surface area contributed by atoms with Crippen LogP contribution in [0, 0.1) is 17.0 Å². The molecule has 0 radical (unpaired) electrons. The molecule has 0 aliphatic heterocycles. The highest BCUT2D eigenvalue weighted by molar-refractivity contribution is 7.09. The van der Waals surface area contributed by atoms with E-state index < -0.39 is 4.92 Å². The van der Waals surface area contributed by atoms with Crippen LogP contribution in [0.25, 0.3) is 0 Å². The molecule has 7 nitrogen and oxygen atoms in total. The van der Waals surface area contributed by atoms with Crippen molar-refractivity contribution in [3.8, 4) is 5.75 Å². The molecule has 0 unspecified atom stereocenters. The van der Waals surface area contributed by atoms with Gasteiger partial charge in [-0.3, -0.25) is 14.9 Å². The van der Waals surface area contributed by atoms with Crippen LogP contribution in [-0.2, 0) is 13.2 Å². The van der Waals surface area contributed by atoms with Gasteiger partial charge in [0, 0.05) is 24.1 Å². The first-order valence-electron chi connectivity index (χ1n) is 8.55. The SMILES string of the molecule is Cc1ccc(OCc2nc(C(=O)N(C)Cc3ccccc3[N+](=O)[O-])cs2)cc1. The average Bonchev–Trinajstić information content (AvgIpc) is 3.16. The van der Waals surface area contributed by atoms with Gasteiger partial charge in [-0.2, -0.15) is 0 Å². The third kappa shape index (κ3) is 4.72. The molecular formula is C20H19N3O4S. The van der Waals surface area contributed by atoms with Gasteiger partial charge in [0.25, 0.3) is 11.6 Å². The molecule has 0 aliphatic rings. The third-order valence-corrected chi connectivity index (χ3v) is 4.92. The van der Waals surface area contributed by atoms with Crippen LogP contribution in [0.2, 0.25) is 0 Å². The second kappa shape index (κ2) is 8.62. The van der Waals surface area contributed by atoms with Gasteiger partial charge in [0.2, 0.25) is 0 Å². The number of para-hydroxylation sites is 1. The Morgan fingerprint density at radius 1 is 1.21 bits per heavy atom. The summed E-state index contributed by atoms with van der Waals surface area (Å²) in [6.07, 6.45) is 0. The summed E-state index contributed by atoms with van der Waals surface area (Å²) in [5, 5.41) is 13.5. The zero-order valence-corrected chi connectivity index (χ0v) is 16.3. The number of thiazole rings is 1. The standard InChI is InChI=1S/C20H19N3O4S/c1-14-7-9-16(10-8-14)27-12-19-21-17(13-28-19)20(24)22(2)11-15-5-3-4-6-18(15)23(25)26/h3-10,13H,11-12H2,1-2H3. The number of nitro benzene ring substituents is 1. The van der Waals surface area contributed by atoms with E-state index in [4.69, 9.17) is 4.74 Å². The van der Waals surface area contributed by atoms with Gasteiger partial charge in [-0.1, -0.05) is 35.9 Å². The third-order valence-electron chi connectivity index (χ3n) is 4.10. The largest absolute Gasteiger partial charge is 0.486 e. The summed E-state index contributed by atoms with van der Waals surface area (Å²) >= 11 is 1.34. The quantitative estimate of drug-likeness (QED) is 0.440. The van der Waals surface area contributed by atoms with Crippen LogP contribution < -0.4 is 4.74 Å². The summed E-state index contributed by atoms with van der Waals surface area (Å²) in [6, 6.07) is 14.1. The Bertz CT molecular complexity index is 985. The Labute approximate surface area is 166 Å². The molecule has 8 heteroatoms. The number of hydrogen-bond acceptors (Lipinski definition) is 6. The van der Waals surface area contributed by atoms with E-state index in [9.17, 15) is 14.9 Å². The monoisotopic (exact) mass is 397 g/mol. The molecule has 2 aromatic carbocycles. The van der Waals surface area contributed by atoms with Gasteiger partial charge in [-0.05, 0) is 19.1 Å². The first kappa shape index (κ1) is 19.5. The molecule has 0 aliphatic carbocycles. The Kier molecular flexibility index (Phi) is 6.00. The number of carbonyl (C=O) groups excluding carboxylic acids is 1. The highest BCUT2D eigenvalue weighted by atomic mass is 32.1. The van der Waals surface area contributed by atoms with Crippen molar-refractivity contribution in [3.05, 3.63) is 85.9 Å². The summed E-state index contributed by atoms with van der Waals surface area (Å²) in [6.45, 7) is 2.40. The van der Waals surface area contributed by atoms with Gasteiger partial charge in [-0.25, -0.2) is 4.98 Å². The summed E-state index contributed by atoms with van der Waals surface area (Å²) in [5.74, 6) is 0.443. The van der Waals surface area contributed by atoms with Gasteiger partial charge in [0.1, 0.15) is 23.1 Å². The molecule has 144 valence electrons. The average molecular weight is 397 g/mol. The molecule has 0 saturated carbocycles. The Morgan fingerprint density at radius 2 is 1.93 bits per heavy atom. The van der Waals surface area contributed by atoms with E-state index in [0.29, 0.717) is 16.3 Å². The first-order valence-corrected chi connectivity index (χ1v) is 9.43. The predicted octanol–water partition coefficient (Wildman–Crippen LogP) is 4.21. The van der Waals surface area contributed by atoms with Crippen molar-refractivity contribution in [1.82, 2.24) is 9.88 Å². The number of nitrogens with zero attached hydrogens (tertiary/aromatic N) is 3. The van der Waals surface area contributed by atoms with Crippen LogP contribution >= 0.6 is 11.3 Å². The van der Waals surface area contributed by atoms with Crippen molar-refractivity contribution in [2.24, 2.45) is 0 Å². The molecule has 3 aromatic rings. The molecule has 3 rings (SSSR count). The summed E-state index contributed by atoms with van der Waals surface area (Å²) in [4.78, 5) is 29.0. The van der Waals surface area contributed by atoms with E-state index in [1.165, 1.54) is 22.3 Å². The lowest BCUT2D eigenvalue weighted by Crippen LogP contribution is -2.26. The van der Waals surface area contributed by atoms with Gasteiger partial charge in [0.05, 0.1) is 11.5 Å². The maximum atomic E-state index is 12.6. The molecular weight excluding hydrogens is 378 g/mol. The molecule has 0 spiro atoms.